The Kier molecular flexibility index (Phi) is 47.4. The lowest BCUT2D eigenvalue weighted by molar-refractivity contribution is -0.870. The maximum atomic E-state index is 12.8. The summed E-state index contributed by atoms with van der Waals surface area (Å²) in [5.74, 6) is -0.323. The van der Waals surface area contributed by atoms with E-state index in [9.17, 15) is 14.3 Å². The third-order valence-electron chi connectivity index (χ3n) is 11.2. The van der Waals surface area contributed by atoms with Crippen LogP contribution in [0.2, 0.25) is 0 Å². The number of likely N-dealkylation sites (N-methyl/N-ethyl adjacent to an activating group) is 1. The molecule has 0 rings (SSSR count). The van der Waals surface area contributed by atoms with Gasteiger partial charge in [0.2, 0.25) is 0 Å². The zero-order valence-electron chi connectivity index (χ0n) is 43.4. The highest BCUT2D eigenvalue weighted by atomic mass is 31.2. The second-order valence-electron chi connectivity index (χ2n) is 18.9. The Bertz CT molecular complexity index is 1330. The minimum Gasteiger partial charge on any atom is -0.457 e. The van der Waals surface area contributed by atoms with Crippen LogP contribution < -0.4 is 0 Å². The summed E-state index contributed by atoms with van der Waals surface area (Å²) in [4.78, 5) is 23.0. The van der Waals surface area contributed by atoms with Gasteiger partial charge in [-0.1, -0.05) is 221 Å². The fourth-order valence-electron chi connectivity index (χ4n) is 7.12. The molecule has 382 valence electrons. The first-order chi connectivity index (χ1) is 32.1. The maximum absolute atomic E-state index is 12.8. The van der Waals surface area contributed by atoms with Crippen molar-refractivity contribution in [3.63, 3.8) is 0 Å². The van der Waals surface area contributed by atoms with Crippen LogP contribution in [0.5, 0.6) is 0 Å². The number of carbonyl (C=O) groups excluding carboxylic acids is 1. The molecule has 0 aliphatic carbocycles. The Hall–Kier alpha value is -2.32. The Morgan fingerprint density at radius 1 is 0.485 bits per heavy atom. The average Bonchev–Trinajstić information content (AvgIpc) is 3.28. The highest BCUT2D eigenvalue weighted by Crippen LogP contribution is 2.43. The molecule has 0 aliphatic heterocycles. The monoisotopic (exact) mass is 945 g/mol. The minimum atomic E-state index is -4.29. The van der Waals surface area contributed by atoms with Crippen LogP contribution in [0.1, 0.15) is 213 Å². The van der Waals surface area contributed by atoms with Crippen LogP contribution in [0.15, 0.2) is 85.1 Å². The van der Waals surface area contributed by atoms with E-state index in [-0.39, 0.29) is 25.8 Å². The maximum Gasteiger partial charge on any atom is 0.472 e. The van der Waals surface area contributed by atoms with Gasteiger partial charge >= 0.3 is 13.8 Å². The first kappa shape index (κ1) is 63.7. The van der Waals surface area contributed by atoms with E-state index < -0.39 is 13.9 Å². The summed E-state index contributed by atoms with van der Waals surface area (Å²) < 4.78 is 35.2. The third-order valence-corrected chi connectivity index (χ3v) is 12.2. The van der Waals surface area contributed by atoms with Gasteiger partial charge < -0.3 is 18.9 Å². The average molecular weight is 945 g/mol. The van der Waals surface area contributed by atoms with Crippen molar-refractivity contribution in [2.24, 2.45) is 0 Å². The van der Waals surface area contributed by atoms with Crippen molar-refractivity contribution >= 4 is 13.8 Å². The van der Waals surface area contributed by atoms with Crippen LogP contribution >= 0.6 is 7.82 Å². The lowest BCUT2D eigenvalue weighted by Crippen LogP contribution is -2.37. The van der Waals surface area contributed by atoms with Gasteiger partial charge in [-0.2, -0.15) is 0 Å². The van der Waals surface area contributed by atoms with Gasteiger partial charge in [-0.3, -0.25) is 13.8 Å². The van der Waals surface area contributed by atoms with E-state index in [0.29, 0.717) is 24.1 Å². The number of phosphoric ester groups is 1. The van der Waals surface area contributed by atoms with Gasteiger partial charge in [-0.05, 0) is 70.6 Å². The number of quaternary nitrogens is 1. The Labute approximate surface area is 407 Å². The zero-order chi connectivity index (χ0) is 48.3. The van der Waals surface area contributed by atoms with Crippen molar-refractivity contribution in [2.75, 3.05) is 54.1 Å². The van der Waals surface area contributed by atoms with Crippen LogP contribution in [0, 0.1) is 0 Å². The van der Waals surface area contributed by atoms with Crippen molar-refractivity contribution in [3.05, 3.63) is 85.1 Å². The summed E-state index contributed by atoms with van der Waals surface area (Å²) in [7, 11) is 1.64. The fourth-order valence-corrected chi connectivity index (χ4v) is 7.86. The quantitative estimate of drug-likeness (QED) is 0.0214. The number of phosphoric acid groups is 1. The topological polar surface area (TPSA) is 91.3 Å². The number of hydrogen-bond donors (Lipinski definition) is 1. The number of carbonyl (C=O) groups is 1. The molecule has 8 nitrogen and oxygen atoms in total. The molecular weight excluding hydrogens is 842 g/mol. The predicted molar refractivity (Wildman–Crippen MR) is 284 cm³/mol. The van der Waals surface area contributed by atoms with Crippen molar-refractivity contribution in [1.82, 2.24) is 0 Å². The van der Waals surface area contributed by atoms with Crippen LogP contribution in [0.4, 0.5) is 0 Å². The molecule has 0 aromatic rings. The summed E-state index contributed by atoms with van der Waals surface area (Å²) in [5.41, 5.74) is 0. The molecule has 0 saturated heterocycles. The molecule has 0 radical (unpaired) electrons. The number of nitrogens with zero attached hydrogens (tertiary/aromatic N) is 1. The van der Waals surface area contributed by atoms with Gasteiger partial charge in [0.1, 0.15) is 19.3 Å². The highest BCUT2D eigenvalue weighted by molar-refractivity contribution is 7.47. The SMILES string of the molecule is CC/C=C\C/C=C\C/C=C\C/C=C\C/C=C\C/C=C\C/C=C\CCCCCCOCC(COP(=O)(O)OCC[N+](C)(C)C)OC(=O)CCCCCCCCCCCCCCCCCCCC. The summed E-state index contributed by atoms with van der Waals surface area (Å²) >= 11 is 0. The number of rotatable bonds is 49. The van der Waals surface area contributed by atoms with E-state index in [1.807, 2.05) is 21.1 Å². The van der Waals surface area contributed by atoms with E-state index in [4.69, 9.17) is 18.5 Å². The molecule has 2 unspecified atom stereocenters. The Balaban J connectivity index is 4.20. The second-order valence-corrected chi connectivity index (χ2v) is 20.3. The first-order valence-electron chi connectivity index (χ1n) is 26.8. The van der Waals surface area contributed by atoms with E-state index in [0.717, 1.165) is 96.3 Å². The summed E-state index contributed by atoms with van der Waals surface area (Å²) in [6.45, 7) is 5.46. The van der Waals surface area contributed by atoms with Crippen molar-refractivity contribution in [2.45, 2.75) is 219 Å². The van der Waals surface area contributed by atoms with E-state index in [2.05, 4.69) is 98.9 Å². The normalized spacial score (nSPS) is 14.2. The van der Waals surface area contributed by atoms with Crippen LogP contribution in [0.25, 0.3) is 0 Å². The van der Waals surface area contributed by atoms with E-state index in [1.54, 1.807) is 0 Å². The van der Waals surface area contributed by atoms with Crippen molar-refractivity contribution in [3.8, 4) is 0 Å². The minimum absolute atomic E-state index is 0.0802. The van der Waals surface area contributed by atoms with Crippen LogP contribution in [-0.2, 0) is 27.9 Å². The predicted octanol–water partition coefficient (Wildman–Crippen LogP) is 16.8. The molecule has 0 bridgehead atoms. The number of esters is 1. The summed E-state index contributed by atoms with van der Waals surface area (Å²) in [6, 6.07) is 0. The summed E-state index contributed by atoms with van der Waals surface area (Å²) in [5, 5.41) is 0. The van der Waals surface area contributed by atoms with Crippen molar-refractivity contribution in [1.29, 1.82) is 0 Å². The van der Waals surface area contributed by atoms with Gasteiger partial charge in [0, 0.05) is 13.0 Å². The van der Waals surface area contributed by atoms with Crippen LogP contribution in [-0.4, -0.2) is 75.6 Å². The lowest BCUT2D eigenvalue weighted by Gasteiger charge is -2.24. The first-order valence-corrected chi connectivity index (χ1v) is 28.3. The van der Waals surface area contributed by atoms with Crippen LogP contribution in [0.3, 0.4) is 0 Å². The molecule has 1 N–H and O–H groups in total. The zero-order valence-corrected chi connectivity index (χ0v) is 44.3. The fraction of sp³-hybridized carbons (Fsp3) is 0.737. The molecule has 9 heteroatoms. The lowest BCUT2D eigenvalue weighted by atomic mass is 10.0. The molecule has 0 aliphatic rings. The largest absolute Gasteiger partial charge is 0.472 e. The Morgan fingerprint density at radius 3 is 1.32 bits per heavy atom. The molecule has 0 saturated carbocycles. The van der Waals surface area contributed by atoms with Gasteiger partial charge in [0.05, 0.1) is 34.4 Å². The number of allylic oxidation sites excluding steroid dienone is 14. The van der Waals surface area contributed by atoms with Gasteiger partial charge in [-0.15, -0.1) is 0 Å². The molecule has 0 fully saturated rings. The smallest absolute Gasteiger partial charge is 0.457 e. The van der Waals surface area contributed by atoms with E-state index >= 15 is 0 Å². The second kappa shape index (κ2) is 49.1. The van der Waals surface area contributed by atoms with Gasteiger partial charge in [0.25, 0.3) is 0 Å². The molecule has 0 spiro atoms. The molecule has 2 atom stereocenters. The molecule has 0 aromatic heterocycles. The molecule has 0 aromatic carbocycles. The Morgan fingerprint density at radius 2 is 0.879 bits per heavy atom. The molecule has 0 amide bonds. The van der Waals surface area contributed by atoms with Gasteiger partial charge in [-0.25, -0.2) is 4.57 Å². The van der Waals surface area contributed by atoms with Crippen molar-refractivity contribution < 1.29 is 37.3 Å². The van der Waals surface area contributed by atoms with E-state index in [1.165, 1.54) is 96.3 Å². The molecular formula is C57H103NO7P+. The molecule has 0 heterocycles. The van der Waals surface area contributed by atoms with Gasteiger partial charge in [0.15, 0.2) is 0 Å². The number of ether oxygens (including phenoxy) is 2. The third kappa shape index (κ3) is 52.6. The molecule has 66 heavy (non-hydrogen) atoms. The highest BCUT2D eigenvalue weighted by Gasteiger charge is 2.26. The number of hydrogen-bond acceptors (Lipinski definition) is 6. The number of unbranched alkanes of at least 4 members (excludes halogenated alkanes) is 21. The summed E-state index contributed by atoms with van der Waals surface area (Å²) in [6.07, 6.45) is 66.3. The standard InChI is InChI=1S/C57H102NO7P/c1-6-8-10-12-14-16-18-20-22-24-26-27-28-29-30-31-32-33-35-37-39-41-43-45-47-49-52-62-54-56(55-64-66(60,61)63-53-51-58(3,4)5)65-57(59)50-48-46-44-42-40-38-36-34-25-23-21-19-17-15-13-11-9-7-2/h8,10,14,16,20,22,26-27,29-30,32-33,37,39,56H,6-7,9,11-13,15,17-19,21,23-25,28,31,34-36,38,40-55H2,1-5H3/p+1/b10-8-,16-14-,22-20-,27-26-,30-29-,33-32-,39-37-.